The van der Waals surface area contributed by atoms with Crippen LogP contribution in [-0.4, -0.2) is 47.9 Å². The molecule has 2 aromatic carbocycles. The Morgan fingerprint density at radius 1 is 1.12 bits per heavy atom. The Morgan fingerprint density at radius 3 is 2.56 bits per heavy atom. The summed E-state index contributed by atoms with van der Waals surface area (Å²) in [7, 11) is 0. The van der Waals surface area contributed by atoms with E-state index in [4.69, 9.17) is 4.74 Å². The molecule has 1 aliphatic heterocycles. The van der Waals surface area contributed by atoms with Gasteiger partial charge in [-0.2, -0.15) is 0 Å². The van der Waals surface area contributed by atoms with Gasteiger partial charge in [-0.25, -0.2) is 4.39 Å². The van der Waals surface area contributed by atoms with Crippen LogP contribution in [0.15, 0.2) is 60.0 Å². The van der Waals surface area contributed by atoms with E-state index in [1.165, 1.54) is 17.0 Å². The minimum Gasteiger partial charge on any atom is -0.491 e. The zero-order valence-corrected chi connectivity index (χ0v) is 20.3. The lowest BCUT2D eigenvalue weighted by molar-refractivity contribution is -0.135. The van der Waals surface area contributed by atoms with Crippen LogP contribution in [-0.2, 0) is 11.2 Å². The molecule has 1 aromatic heterocycles. The molecular weight excluding hydrogens is 451 g/mol. The second-order valence-corrected chi connectivity index (χ2v) is 9.51. The molecule has 0 saturated carbocycles. The van der Waals surface area contributed by atoms with Gasteiger partial charge in [0.25, 0.3) is 5.91 Å². The van der Waals surface area contributed by atoms with E-state index in [0.29, 0.717) is 24.4 Å². The predicted octanol–water partition coefficient (Wildman–Crippen LogP) is 5.25. The van der Waals surface area contributed by atoms with Crippen molar-refractivity contribution in [3.63, 3.8) is 0 Å². The molecule has 0 bridgehead atoms. The number of benzene rings is 2. The highest BCUT2D eigenvalue weighted by atomic mass is 32.1. The molecule has 34 heavy (non-hydrogen) atoms. The molecule has 2 amide bonds. The van der Waals surface area contributed by atoms with Gasteiger partial charge < -0.3 is 14.5 Å². The van der Waals surface area contributed by atoms with Crippen LogP contribution < -0.4 is 4.74 Å². The maximum absolute atomic E-state index is 13.5. The van der Waals surface area contributed by atoms with E-state index in [9.17, 15) is 14.0 Å². The highest BCUT2D eigenvalue weighted by Crippen LogP contribution is 2.34. The smallest absolute Gasteiger partial charge is 0.254 e. The first kappa shape index (κ1) is 24.0. The number of nitrogens with zero attached hydrogens (tertiary/aromatic N) is 2. The largest absolute Gasteiger partial charge is 0.491 e. The minimum atomic E-state index is -0.323. The highest BCUT2D eigenvalue weighted by Gasteiger charge is 2.33. The molecule has 1 atom stereocenters. The summed E-state index contributed by atoms with van der Waals surface area (Å²) in [6.45, 7) is 5.34. The van der Waals surface area contributed by atoms with Crippen LogP contribution in [0.4, 0.5) is 4.39 Å². The van der Waals surface area contributed by atoms with Gasteiger partial charge in [0.2, 0.25) is 5.91 Å². The fourth-order valence-electron chi connectivity index (χ4n) is 4.24. The molecule has 3 aromatic rings. The van der Waals surface area contributed by atoms with Crippen molar-refractivity contribution >= 4 is 23.2 Å². The number of carbonyl (C=O) groups excluding carboxylic acids is 2. The minimum absolute atomic E-state index is 0.0209. The van der Waals surface area contributed by atoms with Crippen LogP contribution in [0.5, 0.6) is 5.75 Å². The number of aryl methyl sites for hydroxylation is 1. The van der Waals surface area contributed by atoms with Crippen molar-refractivity contribution in [3.05, 3.63) is 87.4 Å². The zero-order valence-electron chi connectivity index (χ0n) is 19.5. The number of fused-ring (bicyclic) bond motifs is 1. The summed E-state index contributed by atoms with van der Waals surface area (Å²) in [5, 5.41) is 2.04. The Morgan fingerprint density at radius 2 is 1.85 bits per heavy atom. The van der Waals surface area contributed by atoms with Crippen LogP contribution >= 0.6 is 11.3 Å². The van der Waals surface area contributed by atoms with Gasteiger partial charge in [-0.05, 0) is 73.2 Å². The first-order chi connectivity index (χ1) is 16.5. The van der Waals surface area contributed by atoms with Gasteiger partial charge in [-0.15, -0.1) is 11.3 Å². The third kappa shape index (κ3) is 5.47. The van der Waals surface area contributed by atoms with Crippen LogP contribution in [0.25, 0.3) is 0 Å². The molecular formula is C27H29FN2O3S. The van der Waals surface area contributed by atoms with Gasteiger partial charge in [0.05, 0.1) is 6.04 Å². The molecule has 1 aliphatic rings. The second kappa shape index (κ2) is 10.8. The van der Waals surface area contributed by atoms with Crippen LogP contribution in [0.1, 0.15) is 45.7 Å². The summed E-state index contributed by atoms with van der Waals surface area (Å²) in [6, 6.07) is 15.1. The normalized spacial score (nSPS) is 15.0. The van der Waals surface area contributed by atoms with Crippen LogP contribution in [0.3, 0.4) is 0 Å². The number of hydrogen-bond acceptors (Lipinski definition) is 4. The lowest BCUT2D eigenvalue weighted by Crippen LogP contribution is -2.48. The summed E-state index contributed by atoms with van der Waals surface area (Å²) < 4.78 is 19.2. The monoisotopic (exact) mass is 480 g/mol. The van der Waals surface area contributed by atoms with E-state index in [0.717, 1.165) is 24.0 Å². The van der Waals surface area contributed by atoms with Gasteiger partial charge in [0.1, 0.15) is 24.7 Å². The second-order valence-electron chi connectivity index (χ2n) is 8.51. The first-order valence-corrected chi connectivity index (χ1v) is 12.4. The lowest BCUT2D eigenvalue weighted by Gasteiger charge is -2.37. The SMILES string of the molecule is CCCN(CC(=O)N1CCc2sccc2C1COc1ccc(F)cc1)C(=O)c1ccc(C)cc1. The molecule has 0 aliphatic carbocycles. The third-order valence-electron chi connectivity index (χ3n) is 6.04. The molecule has 7 heteroatoms. The molecule has 178 valence electrons. The first-order valence-electron chi connectivity index (χ1n) is 11.6. The lowest BCUT2D eigenvalue weighted by atomic mass is 10.0. The molecule has 0 radical (unpaired) electrons. The molecule has 1 unspecified atom stereocenters. The summed E-state index contributed by atoms with van der Waals surface area (Å²) in [5.74, 6) is -0.00415. The Balaban J connectivity index is 1.51. The van der Waals surface area contributed by atoms with E-state index in [1.54, 1.807) is 28.4 Å². The van der Waals surface area contributed by atoms with Gasteiger partial charge in [0, 0.05) is 23.5 Å². The van der Waals surface area contributed by atoms with E-state index >= 15 is 0 Å². The van der Waals surface area contributed by atoms with Crippen molar-refractivity contribution in [1.82, 2.24) is 9.80 Å². The van der Waals surface area contributed by atoms with Gasteiger partial charge in [-0.1, -0.05) is 24.6 Å². The third-order valence-corrected chi connectivity index (χ3v) is 7.04. The topological polar surface area (TPSA) is 49.9 Å². The molecule has 0 saturated heterocycles. The number of halogens is 1. The molecule has 0 N–H and O–H groups in total. The molecule has 4 rings (SSSR count). The zero-order chi connectivity index (χ0) is 24.1. The van der Waals surface area contributed by atoms with E-state index in [2.05, 4.69) is 0 Å². The molecule has 5 nitrogen and oxygen atoms in total. The Hall–Kier alpha value is -3.19. The Labute approximate surface area is 203 Å². The average Bonchev–Trinajstić information content (AvgIpc) is 3.32. The summed E-state index contributed by atoms with van der Waals surface area (Å²) in [5.41, 5.74) is 2.75. The summed E-state index contributed by atoms with van der Waals surface area (Å²) >= 11 is 1.68. The van der Waals surface area contributed by atoms with Crippen LogP contribution in [0.2, 0.25) is 0 Å². The number of carbonyl (C=O) groups is 2. The van der Waals surface area contributed by atoms with Crippen molar-refractivity contribution in [1.29, 1.82) is 0 Å². The maximum atomic E-state index is 13.5. The Kier molecular flexibility index (Phi) is 7.63. The van der Waals surface area contributed by atoms with Gasteiger partial charge >= 0.3 is 0 Å². The summed E-state index contributed by atoms with van der Waals surface area (Å²) in [4.78, 5) is 31.3. The highest BCUT2D eigenvalue weighted by molar-refractivity contribution is 7.10. The van der Waals surface area contributed by atoms with Crippen molar-refractivity contribution < 1.29 is 18.7 Å². The molecule has 2 heterocycles. The van der Waals surface area contributed by atoms with Crippen LogP contribution in [0, 0.1) is 12.7 Å². The van der Waals surface area contributed by atoms with Crippen molar-refractivity contribution in [2.75, 3.05) is 26.2 Å². The number of hydrogen-bond donors (Lipinski definition) is 0. The number of rotatable bonds is 8. The molecule has 0 spiro atoms. The summed E-state index contributed by atoms with van der Waals surface area (Å²) in [6.07, 6.45) is 1.54. The number of ether oxygens (including phenoxy) is 1. The van der Waals surface area contributed by atoms with Crippen molar-refractivity contribution in [3.8, 4) is 5.75 Å². The predicted molar refractivity (Wildman–Crippen MR) is 132 cm³/mol. The van der Waals surface area contributed by atoms with E-state index in [1.807, 2.05) is 54.5 Å². The maximum Gasteiger partial charge on any atom is 0.254 e. The fourth-order valence-corrected chi connectivity index (χ4v) is 5.16. The van der Waals surface area contributed by atoms with E-state index < -0.39 is 0 Å². The number of amides is 2. The van der Waals surface area contributed by atoms with Gasteiger partial charge in [-0.3, -0.25) is 9.59 Å². The fraction of sp³-hybridized carbons (Fsp3) is 0.333. The van der Waals surface area contributed by atoms with E-state index in [-0.39, 0.29) is 36.8 Å². The van der Waals surface area contributed by atoms with Crippen molar-refractivity contribution in [2.24, 2.45) is 0 Å². The van der Waals surface area contributed by atoms with Gasteiger partial charge in [0.15, 0.2) is 0 Å². The Bertz CT molecular complexity index is 1130. The average molecular weight is 481 g/mol. The number of thiophene rings is 1. The standard InChI is InChI=1S/C27H29FN2O3S/c1-3-14-29(27(32)20-6-4-19(2)5-7-20)17-26(31)30-15-12-25-23(13-16-34-25)24(30)18-33-22-10-8-21(28)9-11-22/h4-11,13,16,24H,3,12,14-15,17-18H2,1-2H3. The van der Waals surface area contributed by atoms with Crippen molar-refractivity contribution in [2.45, 2.75) is 32.7 Å². The quantitative estimate of drug-likeness (QED) is 0.442. The molecule has 0 fully saturated rings.